The van der Waals surface area contributed by atoms with Crippen molar-refractivity contribution in [2.75, 3.05) is 0 Å². The summed E-state index contributed by atoms with van der Waals surface area (Å²) in [6, 6.07) is 47.2. The Balaban J connectivity index is 1.14. The molecule has 4 heterocycles. The van der Waals surface area contributed by atoms with Crippen LogP contribution in [0.3, 0.4) is 0 Å². The van der Waals surface area contributed by atoms with Gasteiger partial charge >= 0.3 is 0 Å². The van der Waals surface area contributed by atoms with Gasteiger partial charge in [-0.3, -0.25) is 0 Å². The molecule has 0 bridgehead atoms. The molecule has 0 radical (unpaired) electrons. The smallest absolute Gasteiger partial charge is 0.0972 e. The molecule has 0 aliphatic rings. The van der Waals surface area contributed by atoms with Crippen molar-refractivity contribution in [3.63, 3.8) is 0 Å². The van der Waals surface area contributed by atoms with E-state index in [0.29, 0.717) is 0 Å². The number of aromatic nitrogens is 4. The average molecular weight is 643 g/mol. The van der Waals surface area contributed by atoms with Crippen LogP contribution in [-0.2, 0) is 0 Å². The monoisotopic (exact) mass is 642 g/mol. The van der Waals surface area contributed by atoms with Gasteiger partial charge in [-0.05, 0) is 82.3 Å². The fourth-order valence-corrected chi connectivity index (χ4v) is 7.26. The second-order valence-corrected chi connectivity index (χ2v) is 13.5. The van der Waals surface area contributed by atoms with E-state index in [1.165, 1.54) is 22.3 Å². The van der Waals surface area contributed by atoms with Gasteiger partial charge in [0.25, 0.3) is 0 Å². The Labute approximate surface area is 291 Å². The summed E-state index contributed by atoms with van der Waals surface area (Å²) in [6.07, 6.45) is 0. The predicted molar refractivity (Wildman–Crippen MR) is 208 cm³/mol. The summed E-state index contributed by atoms with van der Waals surface area (Å²) in [7, 11) is 0. The van der Waals surface area contributed by atoms with E-state index in [9.17, 15) is 0 Å². The third-order valence-corrected chi connectivity index (χ3v) is 9.53. The van der Waals surface area contributed by atoms with Crippen molar-refractivity contribution in [3.05, 3.63) is 156 Å². The number of hydrogen-bond donors (Lipinski definition) is 0. The van der Waals surface area contributed by atoms with Gasteiger partial charge in [-0.25, -0.2) is 19.9 Å². The fraction of sp³-hybridized carbons (Fsp3) is 0.0870. The minimum Gasteiger partial charge on any atom is -0.245 e. The summed E-state index contributed by atoms with van der Waals surface area (Å²) in [4.78, 5) is 20.8. The van der Waals surface area contributed by atoms with Gasteiger partial charge in [0.1, 0.15) is 0 Å². The van der Waals surface area contributed by atoms with Gasteiger partial charge in [0.2, 0.25) is 0 Å². The van der Waals surface area contributed by atoms with Crippen LogP contribution in [0.1, 0.15) is 22.3 Å². The summed E-state index contributed by atoms with van der Waals surface area (Å²) in [5.74, 6) is 0. The zero-order chi connectivity index (χ0) is 33.9. The topological polar surface area (TPSA) is 51.6 Å². The van der Waals surface area contributed by atoms with Gasteiger partial charge in [0, 0.05) is 43.8 Å². The van der Waals surface area contributed by atoms with E-state index in [1.54, 1.807) is 0 Å². The van der Waals surface area contributed by atoms with Gasteiger partial charge in [0.05, 0.1) is 44.8 Å². The molecule has 0 fully saturated rings. The maximum Gasteiger partial charge on any atom is 0.0972 e. The lowest BCUT2D eigenvalue weighted by molar-refractivity contribution is 1.33. The van der Waals surface area contributed by atoms with E-state index in [-0.39, 0.29) is 0 Å². The molecule has 0 N–H and O–H groups in total. The standard InChI is InChI=1S/C46H34N4/c1-27-20-28(2)23-37(22-27)41-18-14-33-10-8-31-12-16-39(47-43(31)45(33)49-41)35-6-5-7-36(26-35)40-17-13-32-9-11-34-15-19-42(50-46(34)44(32)48-40)38-24-29(3)21-30(4)25-38/h5-26H,1-4H3. The lowest BCUT2D eigenvalue weighted by Gasteiger charge is -2.11. The normalized spacial score (nSPS) is 11.6. The largest absolute Gasteiger partial charge is 0.245 e. The molecule has 0 saturated heterocycles. The predicted octanol–water partition coefficient (Wildman–Crippen LogP) is 11.8. The number of nitrogens with zero attached hydrogens (tertiary/aromatic N) is 4. The molecule has 0 aliphatic heterocycles. The molecule has 0 unspecified atom stereocenters. The van der Waals surface area contributed by atoms with Gasteiger partial charge in [-0.15, -0.1) is 0 Å². The van der Waals surface area contributed by atoms with Crippen molar-refractivity contribution in [2.45, 2.75) is 27.7 Å². The van der Waals surface area contributed by atoms with Gasteiger partial charge < -0.3 is 0 Å². The minimum atomic E-state index is 0.899. The van der Waals surface area contributed by atoms with Crippen LogP contribution in [0.5, 0.6) is 0 Å². The first-order valence-corrected chi connectivity index (χ1v) is 17.0. The van der Waals surface area contributed by atoms with Crippen LogP contribution in [-0.4, -0.2) is 19.9 Å². The third-order valence-electron chi connectivity index (χ3n) is 9.53. The highest BCUT2D eigenvalue weighted by Crippen LogP contribution is 2.33. The van der Waals surface area contributed by atoms with Crippen LogP contribution in [0.15, 0.2) is 133 Å². The number of fused-ring (bicyclic) bond motifs is 6. The Morgan fingerprint density at radius 2 is 0.560 bits per heavy atom. The summed E-state index contributed by atoms with van der Waals surface area (Å²) >= 11 is 0. The minimum absolute atomic E-state index is 0.899. The van der Waals surface area contributed by atoms with Gasteiger partial charge in [-0.2, -0.15) is 0 Å². The highest BCUT2D eigenvalue weighted by Gasteiger charge is 2.13. The number of hydrogen-bond acceptors (Lipinski definition) is 4. The second-order valence-electron chi connectivity index (χ2n) is 13.5. The summed E-state index contributed by atoms with van der Waals surface area (Å²) in [6.45, 7) is 8.52. The molecular weight excluding hydrogens is 609 g/mol. The lowest BCUT2D eigenvalue weighted by Crippen LogP contribution is -1.93. The highest BCUT2D eigenvalue weighted by molar-refractivity contribution is 6.05. The van der Waals surface area contributed by atoms with E-state index in [0.717, 1.165) is 88.6 Å². The molecule has 4 aromatic heterocycles. The van der Waals surface area contributed by atoms with Crippen LogP contribution in [0, 0.1) is 27.7 Å². The Kier molecular flexibility index (Phi) is 6.99. The van der Waals surface area contributed by atoms with Crippen LogP contribution in [0.2, 0.25) is 0 Å². The van der Waals surface area contributed by atoms with E-state index in [2.05, 4.69) is 161 Å². The first kappa shape index (κ1) is 29.8. The van der Waals surface area contributed by atoms with Crippen molar-refractivity contribution in [1.82, 2.24) is 19.9 Å². The number of pyridine rings is 4. The molecule has 0 atom stereocenters. The quantitative estimate of drug-likeness (QED) is 0.179. The summed E-state index contributed by atoms with van der Waals surface area (Å²) in [5, 5.41) is 4.29. The molecule has 4 nitrogen and oxygen atoms in total. The zero-order valence-corrected chi connectivity index (χ0v) is 28.5. The van der Waals surface area contributed by atoms with E-state index >= 15 is 0 Å². The summed E-state index contributed by atoms with van der Waals surface area (Å²) < 4.78 is 0. The molecule has 9 rings (SSSR count). The van der Waals surface area contributed by atoms with Crippen molar-refractivity contribution < 1.29 is 0 Å². The third kappa shape index (κ3) is 5.36. The molecule has 4 heteroatoms. The molecular formula is C46H34N4. The first-order valence-electron chi connectivity index (χ1n) is 17.0. The van der Waals surface area contributed by atoms with Crippen LogP contribution >= 0.6 is 0 Å². The molecule has 0 saturated carbocycles. The number of rotatable bonds is 4. The number of aryl methyl sites for hydroxylation is 4. The van der Waals surface area contributed by atoms with Crippen molar-refractivity contribution >= 4 is 43.6 Å². The molecule has 0 spiro atoms. The van der Waals surface area contributed by atoms with E-state index in [1.807, 2.05) is 0 Å². The first-order chi connectivity index (χ1) is 24.3. The second kappa shape index (κ2) is 11.7. The molecule has 238 valence electrons. The molecule has 50 heavy (non-hydrogen) atoms. The lowest BCUT2D eigenvalue weighted by atomic mass is 10.0. The van der Waals surface area contributed by atoms with E-state index in [4.69, 9.17) is 19.9 Å². The van der Waals surface area contributed by atoms with E-state index < -0.39 is 0 Å². The highest BCUT2D eigenvalue weighted by atomic mass is 14.8. The maximum atomic E-state index is 5.23. The number of benzene rings is 5. The van der Waals surface area contributed by atoms with Crippen molar-refractivity contribution in [3.8, 4) is 45.0 Å². The van der Waals surface area contributed by atoms with Crippen LogP contribution < -0.4 is 0 Å². The van der Waals surface area contributed by atoms with Crippen LogP contribution in [0.25, 0.3) is 88.6 Å². The molecule has 9 aromatic rings. The van der Waals surface area contributed by atoms with Gasteiger partial charge in [-0.1, -0.05) is 101 Å². The summed E-state index contributed by atoms with van der Waals surface area (Å²) in [5.41, 5.74) is 16.6. The Morgan fingerprint density at radius 3 is 0.880 bits per heavy atom. The van der Waals surface area contributed by atoms with Crippen molar-refractivity contribution in [2.24, 2.45) is 0 Å². The molecule has 0 aliphatic carbocycles. The van der Waals surface area contributed by atoms with Gasteiger partial charge in [0.15, 0.2) is 0 Å². The molecule has 5 aromatic carbocycles. The zero-order valence-electron chi connectivity index (χ0n) is 28.5. The van der Waals surface area contributed by atoms with Crippen molar-refractivity contribution in [1.29, 1.82) is 0 Å². The average Bonchev–Trinajstić information content (AvgIpc) is 3.13. The molecule has 0 amide bonds. The van der Waals surface area contributed by atoms with Crippen LogP contribution in [0.4, 0.5) is 0 Å². The Bertz CT molecular complexity index is 2590. The Hall–Kier alpha value is -6.26. The maximum absolute atomic E-state index is 5.23. The fourth-order valence-electron chi connectivity index (χ4n) is 7.26. The SMILES string of the molecule is Cc1cc(C)cc(-c2ccc3ccc4ccc(-c5cccc(-c6ccc7ccc8ccc(-c9cc(C)cc(C)c9)nc8c7n6)c5)nc4c3n2)c1. The Morgan fingerprint density at radius 1 is 0.280 bits per heavy atom.